The van der Waals surface area contributed by atoms with E-state index in [0.717, 1.165) is 17.8 Å². The van der Waals surface area contributed by atoms with Crippen LogP contribution >= 0.6 is 0 Å². The number of rotatable bonds is 6. The number of fused-ring (bicyclic) bond motifs is 1. The van der Waals surface area contributed by atoms with E-state index in [1.54, 1.807) is 31.4 Å². The summed E-state index contributed by atoms with van der Waals surface area (Å²) in [5.74, 6) is 0.645. The van der Waals surface area contributed by atoms with Gasteiger partial charge in [-0.05, 0) is 51.4 Å². The Kier molecular flexibility index (Phi) is 5.07. The fourth-order valence-corrected chi connectivity index (χ4v) is 4.91. The molecule has 0 saturated heterocycles. The van der Waals surface area contributed by atoms with Crippen molar-refractivity contribution in [3.63, 3.8) is 0 Å². The van der Waals surface area contributed by atoms with E-state index in [-0.39, 0.29) is 0 Å². The van der Waals surface area contributed by atoms with Crippen LogP contribution in [0, 0.1) is 6.92 Å². The molecule has 0 amide bonds. The molecule has 0 bridgehead atoms. The highest BCUT2D eigenvalue weighted by Crippen LogP contribution is 2.35. The smallest absolute Gasteiger partial charge is 0.208 e. The lowest BCUT2D eigenvalue weighted by Crippen LogP contribution is -2.19. The monoisotopic (exact) mass is 372 g/mol. The zero-order valence-corrected chi connectivity index (χ0v) is 16.4. The number of sulfone groups is 1. The molecule has 1 heterocycles. The fourth-order valence-electron chi connectivity index (χ4n) is 3.20. The largest absolute Gasteiger partial charge is 0.497 e. The number of nitrogens with zero attached hydrogens (tertiary/aromatic N) is 2. The van der Waals surface area contributed by atoms with Gasteiger partial charge in [-0.25, -0.2) is 8.42 Å². The van der Waals surface area contributed by atoms with E-state index in [9.17, 15) is 8.42 Å². The topological polar surface area (TPSA) is 51.5 Å². The third-order valence-electron chi connectivity index (χ3n) is 4.57. The van der Waals surface area contributed by atoms with Gasteiger partial charge in [0.15, 0.2) is 0 Å². The van der Waals surface area contributed by atoms with Crippen molar-refractivity contribution >= 4 is 20.7 Å². The van der Waals surface area contributed by atoms with Crippen molar-refractivity contribution in [1.82, 2.24) is 9.47 Å². The molecule has 5 nitrogen and oxygen atoms in total. The van der Waals surface area contributed by atoms with Gasteiger partial charge in [0.2, 0.25) is 9.84 Å². The molecule has 3 aromatic rings. The first-order valence-corrected chi connectivity index (χ1v) is 9.96. The zero-order chi connectivity index (χ0) is 18.9. The van der Waals surface area contributed by atoms with Gasteiger partial charge in [0.1, 0.15) is 10.6 Å². The lowest BCUT2D eigenvalue weighted by atomic mass is 10.2. The van der Waals surface area contributed by atoms with E-state index in [2.05, 4.69) is 9.47 Å². The van der Waals surface area contributed by atoms with Crippen LogP contribution in [-0.2, 0) is 16.4 Å². The summed E-state index contributed by atoms with van der Waals surface area (Å²) in [5, 5.41) is 0.699. The summed E-state index contributed by atoms with van der Waals surface area (Å²) >= 11 is 0. The Balaban J connectivity index is 2.28. The highest BCUT2D eigenvalue weighted by molar-refractivity contribution is 7.91. The summed E-state index contributed by atoms with van der Waals surface area (Å²) in [5.41, 5.74) is 1.65. The molecule has 0 saturated carbocycles. The van der Waals surface area contributed by atoms with Crippen molar-refractivity contribution in [2.75, 3.05) is 27.7 Å². The van der Waals surface area contributed by atoms with E-state index >= 15 is 0 Å². The molecule has 6 heteroatoms. The first-order valence-electron chi connectivity index (χ1n) is 8.48. The number of benzene rings is 2. The van der Waals surface area contributed by atoms with Crippen LogP contribution in [0.3, 0.4) is 0 Å². The Morgan fingerprint density at radius 1 is 1.08 bits per heavy atom. The van der Waals surface area contributed by atoms with Gasteiger partial charge < -0.3 is 14.2 Å². The summed E-state index contributed by atoms with van der Waals surface area (Å²) in [6, 6.07) is 14.2. The molecule has 0 atom stereocenters. The number of ether oxygens (including phenoxy) is 1. The summed E-state index contributed by atoms with van der Waals surface area (Å²) < 4.78 is 34.1. The first kappa shape index (κ1) is 18.5. The summed E-state index contributed by atoms with van der Waals surface area (Å²) in [6.07, 6.45) is 0. The Hall–Kier alpha value is -2.31. The number of hydrogen-bond donors (Lipinski definition) is 0. The molecule has 3 rings (SSSR count). The van der Waals surface area contributed by atoms with Crippen LogP contribution in [0.25, 0.3) is 10.9 Å². The average Bonchev–Trinajstić information content (AvgIpc) is 2.91. The molecule has 0 fully saturated rings. The second-order valence-electron chi connectivity index (χ2n) is 6.57. The molecule has 138 valence electrons. The molecule has 0 spiro atoms. The van der Waals surface area contributed by atoms with Crippen molar-refractivity contribution in [3.8, 4) is 5.75 Å². The van der Waals surface area contributed by atoms with Gasteiger partial charge >= 0.3 is 0 Å². The van der Waals surface area contributed by atoms with E-state index < -0.39 is 9.84 Å². The van der Waals surface area contributed by atoms with Gasteiger partial charge in [-0.2, -0.15) is 0 Å². The van der Waals surface area contributed by atoms with Crippen LogP contribution in [0.5, 0.6) is 5.75 Å². The number of likely N-dealkylation sites (N-methyl/N-ethyl adjacent to an activating group) is 1. The maximum atomic E-state index is 13.4. The lowest BCUT2D eigenvalue weighted by molar-refractivity contribution is 0.385. The van der Waals surface area contributed by atoms with Crippen molar-refractivity contribution in [3.05, 3.63) is 54.2 Å². The van der Waals surface area contributed by atoms with Gasteiger partial charge in [0.05, 0.1) is 12.0 Å². The minimum absolute atomic E-state index is 0.303. The molecular formula is C20H24N2O3S. The number of methoxy groups -OCH3 is 1. The quantitative estimate of drug-likeness (QED) is 0.666. The van der Waals surface area contributed by atoms with Crippen LogP contribution in [0.15, 0.2) is 58.3 Å². The average molecular weight is 372 g/mol. The fraction of sp³-hybridized carbons (Fsp3) is 0.300. The Bertz CT molecular complexity index is 1020. The van der Waals surface area contributed by atoms with Crippen LogP contribution in [-0.4, -0.2) is 45.6 Å². The molecule has 26 heavy (non-hydrogen) atoms. The predicted octanol–water partition coefficient (Wildman–Crippen LogP) is 3.35. The van der Waals surface area contributed by atoms with Crippen molar-refractivity contribution in [2.24, 2.45) is 0 Å². The Labute approximate surface area is 154 Å². The van der Waals surface area contributed by atoms with Crippen molar-refractivity contribution in [1.29, 1.82) is 0 Å². The number of hydrogen-bond acceptors (Lipinski definition) is 4. The molecule has 0 unspecified atom stereocenters. The molecule has 0 aliphatic carbocycles. The van der Waals surface area contributed by atoms with E-state index in [1.165, 1.54) is 0 Å². The molecular weight excluding hydrogens is 348 g/mol. The lowest BCUT2D eigenvalue weighted by Gasteiger charge is -2.13. The normalized spacial score (nSPS) is 12.0. The molecule has 2 aromatic carbocycles. The molecule has 1 aromatic heterocycles. The van der Waals surface area contributed by atoms with Gasteiger partial charge in [-0.1, -0.05) is 18.2 Å². The second-order valence-corrected chi connectivity index (χ2v) is 8.46. The summed E-state index contributed by atoms with van der Waals surface area (Å²) in [4.78, 5) is 2.74. The van der Waals surface area contributed by atoms with E-state index in [4.69, 9.17) is 4.74 Å². The van der Waals surface area contributed by atoms with Crippen molar-refractivity contribution < 1.29 is 13.2 Å². The SMILES string of the molecule is COc1ccc2c(c1)c(S(=O)(=O)c1ccccc1)c(C)n2CCN(C)C. The molecule has 0 aliphatic heterocycles. The Morgan fingerprint density at radius 2 is 1.77 bits per heavy atom. The molecule has 0 radical (unpaired) electrons. The van der Waals surface area contributed by atoms with E-state index in [0.29, 0.717) is 27.5 Å². The highest BCUT2D eigenvalue weighted by atomic mass is 32.2. The van der Waals surface area contributed by atoms with Crippen LogP contribution in [0.1, 0.15) is 5.69 Å². The summed E-state index contributed by atoms with van der Waals surface area (Å²) in [6.45, 7) is 3.41. The predicted molar refractivity (Wildman–Crippen MR) is 104 cm³/mol. The van der Waals surface area contributed by atoms with Crippen LogP contribution in [0.4, 0.5) is 0 Å². The van der Waals surface area contributed by atoms with Crippen LogP contribution < -0.4 is 4.74 Å². The van der Waals surface area contributed by atoms with E-state index in [1.807, 2.05) is 45.3 Å². The van der Waals surface area contributed by atoms with Gasteiger partial charge in [-0.15, -0.1) is 0 Å². The third-order valence-corrected chi connectivity index (χ3v) is 6.51. The Morgan fingerprint density at radius 3 is 2.38 bits per heavy atom. The zero-order valence-electron chi connectivity index (χ0n) is 15.6. The van der Waals surface area contributed by atoms with Gasteiger partial charge in [0.25, 0.3) is 0 Å². The van der Waals surface area contributed by atoms with Crippen molar-refractivity contribution in [2.45, 2.75) is 23.3 Å². The van der Waals surface area contributed by atoms with Gasteiger partial charge in [-0.3, -0.25) is 0 Å². The first-order chi connectivity index (χ1) is 12.4. The third kappa shape index (κ3) is 3.22. The standard InChI is InChI=1S/C20H24N2O3S/c1-15-20(26(23,24)17-8-6-5-7-9-17)18-14-16(25-4)10-11-19(18)22(15)13-12-21(2)3/h5-11,14H,12-13H2,1-4H3. The molecule has 0 aliphatic rings. The minimum atomic E-state index is -3.63. The number of aromatic nitrogens is 1. The van der Waals surface area contributed by atoms with Gasteiger partial charge in [0, 0.05) is 29.7 Å². The maximum absolute atomic E-state index is 13.4. The van der Waals surface area contributed by atoms with Crippen LogP contribution in [0.2, 0.25) is 0 Å². The minimum Gasteiger partial charge on any atom is -0.497 e. The molecule has 0 N–H and O–H groups in total. The highest BCUT2D eigenvalue weighted by Gasteiger charge is 2.27. The maximum Gasteiger partial charge on any atom is 0.208 e. The summed E-state index contributed by atoms with van der Waals surface area (Å²) in [7, 11) is 1.97. The second kappa shape index (κ2) is 7.13.